The SMILES string of the molecule is C[C@@H]1COCCN1c1cc(C2(C#N)CCSCC2)c2cnn(C(=N)/C=C\N)c2n1. The highest BCUT2D eigenvalue weighted by atomic mass is 32.2. The summed E-state index contributed by atoms with van der Waals surface area (Å²) >= 11 is 1.89. The fraction of sp³-hybridized carbons (Fsp3) is 0.500. The zero-order chi connectivity index (χ0) is 20.4. The number of allylic oxidation sites excluding steroid dienone is 1. The number of nitrogens with zero attached hydrogens (tertiary/aromatic N) is 5. The second-order valence-electron chi connectivity index (χ2n) is 7.49. The van der Waals surface area contributed by atoms with Gasteiger partial charge in [-0.1, -0.05) is 0 Å². The number of fused-ring (bicyclic) bond motifs is 1. The molecule has 2 aromatic heterocycles. The Bertz CT molecular complexity index is 987. The van der Waals surface area contributed by atoms with Gasteiger partial charge in [-0.2, -0.15) is 26.8 Å². The van der Waals surface area contributed by atoms with E-state index >= 15 is 0 Å². The van der Waals surface area contributed by atoms with Crippen LogP contribution in [0.15, 0.2) is 24.5 Å². The van der Waals surface area contributed by atoms with Gasteiger partial charge in [-0.05, 0) is 55.2 Å². The molecule has 2 saturated heterocycles. The van der Waals surface area contributed by atoms with Crippen LogP contribution >= 0.6 is 11.8 Å². The summed E-state index contributed by atoms with van der Waals surface area (Å²) in [5.74, 6) is 2.86. The maximum atomic E-state index is 10.2. The molecule has 0 radical (unpaired) electrons. The van der Waals surface area contributed by atoms with Crippen molar-refractivity contribution in [2.75, 3.05) is 36.2 Å². The number of morpholine rings is 1. The largest absolute Gasteiger partial charge is 0.404 e. The predicted molar refractivity (Wildman–Crippen MR) is 115 cm³/mol. The highest BCUT2D eigenvalue weighted by molar-refractivity contribution is 7.99. The lowest BCUT2D eigenvalue weighted by Gasteiger charge is -2.36. The molecule has 8 nitrogen and oxygen atoms in total. The van der Waals surface area contributed by atoms with E-state index in [0.717, 1.165) is 47.7 Å². The number of nitriles is 1. The molecule has 4 rings (SSSR count). The van der Waals surface area contributed by atoms with E-state index in [4.69, 9.17) is 20.9 Å². The maximum Gasteiger partial charge on any atom is 0.167 e. The van der Waals surface area contributed by atoms with E-state index in [2.05, 4.69) is 29.1 Å². The van der Waals surface area contributed by atoms with Crippen LogP contribution in [0.2, 0.25) is 0 Å². The van der Waals surface area contributed by atoms with E-state index in [0.29, 0.717) is 18.9 Å². The van der Waals surface area contributed by atoms with Crippen LogP contribution in [0.5, 0.6) is 0 Å². The van der Waals surface area contributed by atoms with Crippen molar-refractivity contribution in [2.24, 2.45) is 5.73 Å². The Morgan fingerprint density at radius 2 is 2.28 bits per heavy atom. The lowest BCUT2D eigenvalue weighted by molar-refractivity contribution is 0.0985. The summed E-state index contributed by atoms with van der Waals surface area (Å²) in [5.41, 5.74) is 6.48. The van der Waals surface area contributed by atoms with Gasteiger partial charge in [0.25, 0.3) is 0 Å². The molecular weight excluding hydrogens is 386 g/mol. The van der Waals surface area contributed by atoms with Crippen molar-refractivity contribution in [3.63, 3.8) is 0 Å². The molecular formula is C20H25N7OS. The summed E-state index contributed by atoms with van der Waals surface area (Å²) in [6, 6.07) is 4.87. The minimum Gasteiger partial charge on any atom is -0.404 e. The van der Waals surface area contributed by atoms with Crippen LogP contribution in [-0.2, 0) is 10.2 Å². The van der Waals surface area contributed by atoms with Gasteiger partial charge in [0.2, 0.25) is 0 Å². The van der Waals surface area contributed by atoms with Crippen molar-refractivity contribution in [3.05, 3.63) is 30.1 Å². The lowest BCUT2D eigenvalue weighted by atomic mass is 9.76. The molecule has 2 aromatic rings. The lowest BCUT2D eigenvalue weighted by Crippen LogP contribution is -2.44. The van der Waals surface area contributed by atoms with Crippen LogP contribution in [0, 0.1) is 16.7 Å². The van der Waals surface area contributed by atoms with Gasteiger partial charge < -0.3 is 15.4 Å². The average molecular weight is 412 g/mol. The van der Waals surface area contributed by atoms with Gasteiger partial charge in [0, 0.05) is 11.9 Å². The van der Waals surface area contributed by atoms with Gasteiger partial charge >= 0.3 is 0 Å². The molecule has 4 heterocycles. The standard InChI is InChI=1S/C20H25N7OS/c1-14-12-28-7-6-26(14)18-10-16(20(13-22)3-8-29-9-4-20)15-11-24-27(19(15)25-18)17(23)2-5-21/h2,5,10-11,14,23H,3-4,6-9,12,21H2,1H3/b5-2-,23-17?/t14-/m1/s1. The number of nitrogens with two attached hydrogens (primary N) is 1. The van der Waals surface area contributed by atoms with Crippen molar-refractivity contribution >= 4 is 34.4 Å². The first-order valence-electron chi connectivity index (χ1n) is 9.79. The molecule has 9 heteroatoms. The predicted octanol–water partition coefficient (Wildman–Crippen LogP) is 2.24. The number of rotatable bonds is 3. The number of nitrogens with one attached hydrogen (secondary N) is 1. The molecule has 0 unspecified atom stereocenters. The molecule has 152 valence electrons. The zero-order valence-corrected chi connectivity index (χ0v) is 17.3. The quantitative estimate of drug-likeness (QED) is 0.587. The molecule has 0 aliphatic carbocycles. The Balaban J connectivity index is 1.93. The first-order valence-corrected chi connectivity index (χ1v) is 10.9. The summed E-state index contributed by atoms with van der Waals surface area (Å²) in [4.78, 5) is 7.09. The van der Waals surface area contributed by atoms with Crippen LogP contribution in [-0.4, -0.2) is 57.9 Å². The van der Waals surface area contributed by atoms with Gasteiger partial charge in [-0.3, -0.25) is 5.41 Å². The van der Waals surface area contributed by atoms with Crippen molar-refractivity contribution in [1.82, 2.24) is 14.8 Å². The fourth-order valence-electron chi connectivity index (χ4n) is 4.10. The first-order chi connectivity index (χ1) is 14.1. The van der Waals surface area contributed by atoms with E-state index in [1.807, 2.05) is 11.8 Å². The minimum atomic E-state index is -0.559. The second-order valence-corrected chi connectivity index (χ2v) is 8.71. The third-order valence-electron chi connectivity index (χ3n) is 5.75. The number of aromatic nitrogens is 3. The van der Waals surface area contributed by atoms with Crippen LogP contribution < -0.4 is 10.6 Å². The van der Waals surface area contributed by atoms with E-state index in [-0.39, 0.29) is 11.9 Å². The highest BCUT2D eigenvalue weighted by Crippen LogP contribution is 2.42. The smallest absolute Gasteiger partial charge is 0.167 e. The molecule has 0 spiro atoms. The third kappa shape index (κ3) is 3.47. The maximum absolute atomic E-state index is 10.2. The van der Waals surface area contributed by atoms with Gasteiger partial charge in [0.15, 0.2) is 5.65 Å². The summed E-state index contributed by atoms with van der Waals surface area (Å²) in [6.07, 6.45) is 6.13. The Hall–Kier alpha value is -2.57. The average Bonchev–Trinajstić information content (AvgIpc) is 3.18. The number of hydrogen-bond acceptors (Lipinski definition) is 8. The molecule has 3 N–H and O–H groups in total. The molecule has 0 aromatic carbocycles. The van der Waals surface area contributed by atoms with Crippen molar-refractivity contribution < 1.29 is 4.74 Å². The molecule has 2 aliphatic rings. The summed E-state index contributed by atoms with van der Waals surface area (Å²) in [7, 11) is 0. The summed E-state index contributed by atoms with van der Waals surface area (Å²) < 4.78 is 7.07. The minimum absolute atomic E-state index is 0.137. The molecule has 0 bridgehead atoms. The van der Waals surface area contributed by atoms with Crippen LogP contribution in [0.3, 0.4) is 0 Å². The summed E-state index contributed by atoms with van der Waals surface area (Å²) in [5, 5.41) is 23.7. The van der Waals surface area contributed by atoms with E-state index < -0.39 is 5.41 Å². The van der Waals surface area contributed by atoms with Crippen LogP contribution in [0.25, 0.3) is 11.0 Å². The zero-order valence-electron chi connectivity index (χ0n) is 16.5. The number of hydrogen-bond donors (Lipinski definition) is 2. The first kappa shape index (κ1) is 19.7. The van der Waals surface area contributed by atoms with E-state index in [9.17, 15) is 5.26 Å². The molecule has 0 amide bonds. The molecule has 2 fully saturated rings. The highest BCUT2D eigenvalue weighted by Gasteiger charge is 2.37. The number of thioether (sulfide) groups is 1. The van der Waals surface area contributed by atoms with Gasteiger partial charge in [0.1, 0.15) is 11.7 Å². The van der Waals surface area contributed by atoms with Gasteiger partial charge in [0.05, 0.1) is 36.9 Å². The molecule has 1 atom stereocenters. The van der Waals surface area contributed by atoms with Crippen LogP contribution in [0.4, 0.5) is 5.82 Å². The van der Waals surface area contributed by atoms with Crippen molar-refractivity contribution in [1.29, 1.82) is 10.7 Å². The normalized spacial score (nSPS) is 22.1. The van der Waals surface area contributed by atoms with Gasteiger partial charge in [-0.25, -0.2) is 4.98 Å². The van der Waals surface area contributed by atoms with E-state index in [1.54, 1.807) is 6.20 Å². The van der Waals surface area contributed by atoms with Gasteiger partial charge in [-0.15, -0.1) is 0 Å². The van der Waals surface area contributed by atoms with Crippen molar-refractivity contribution in [2.45, 2.75) is 31.2 Å². The fourth-order valence-corrected chi connectivity index (χ4v) is 5.29. The topological polar surface area (TPSA) is 117 Å². The Morgan fingerprint density at radius 3 is 2.97 bits per heavy atom. The molecule has 2 aliphatic heterocycles. The number of pyridine rings is 1. The summed E-state index contributed by atoms with van der Waals surface area (Å²) in [6.45, 7) is 4.13. The Labute approximate surface area is 174 Å². The van der Waals surface area contributed by atoms with E-state index in [1.165, 1.54) is 17.0 Å². The molecule has 0 saturated carbocycles. The second kappa shape index (κ2) is 8.05. The number of anilines is 1. The monoisotopic (exact) mass is 411 g/mol. The Morgan fingerprint density at radius 1 is 1.48 bits per heavy atom. The Kier molecular flexibility index (Phi) is 5.48. The number of ether oxygens (including phenoxy) is 1. The molecule has 29 heavy (non-hydrogen) atoms. The van der Waals surface area contributed by atoms with Crippen molar-refractivity contribution in [3.8, 4) is 6.07 Å². The van der Waals surface area contributed by atoms with Crippen LogP contribution in [0.1, 0.15) is 25.3 Å². The third-order valence-corrected chi connectivity index (χ3v) is 6.73.